The largest absolute Gasteiger partial charge is 0.872 e. The van der Waals surface area contributed by atoms with E-state index in [1.54, 1.807) is 24.3 Å². The van der Waals surface area contributed by atoms with E-state index in [0.29, 0.717) is 0 Å². The first-order valence-electron chi connectivity index (χ1n) is 5.98. The van der Waals surface area contributed by atoms with Crippen molar-refractivity contribution >= 4 is 16.0 Å². The summed E-state index contributed by atoms with van der Waals surface area (Å²) in [7, 11) is -3.88. The SMILES string of the molecule is O=C(O)c1cc(S(=O)(=O)NCc2ccccc2)ccc1[O-]. The fourth-order valence-electron chi connectivity index (χ4n) is 1.70. The zero-order chi connectivity index (χ0) is 15.5. The molecule has 2 N–H and O–H groups in total. The molecule has 0 saturated carbocycles. The van der Waals surface area contributed by atoms with Crippen LogP contribution in [0.25, 0.3) is 0 Å². The smallest absolute Gasteiger partial charge is 0.335 e. The number of carboxylic acid groups (broad SMARTS) is 1. The Morgan fingerprint density at radius 1 is 1.14 bits per heavy atom. The number of benzene rings is 2. The Labute approximate surface area is 121 Å². The predicted molar refractivity (Wildman–Crippen MR) is 73.3 cm³/mol. The Hall–Kier alpha value is -2.38. The normalized spacial score (nSPS) is 11.2. The van der Waals surface area contributed by atoms with Crippen molar-refractivity contribution in [1.82, 2.24) is 4.72 Å². The molecule has 0 spiro atoms. The number of rotatable bonds is 5. The fourth-order valence-corrected chi connectivity index (χ4v) is 2.74. The van der Waals surface area contributed by atoms with Gasteiger partial charge in [-0.2, -0.15) is 0 Å². The van der Waals surface area contributed by atoms with Crippen LogP contribution in [0, 0.1) is 0 Å². The molecule has 0 heterocycles. The lowest BCUT2D eigenvalue weighted by Crippen LogP contribution is -2.23. The van der Waals surface area contributed by atoms with E-state index in [1.165, 1.54) is 0 Å². The van der Waals surface area contributed by atoms with E-state index in [9.17, 15) is 18.3 Å². The van der Waals surface area contributed by atoms with Gasteiger partial charge in [-0.1, -0.05) is 42.1 Å². The molecule has 0 aromatic heterocycles. The third-order valence-electron chi connectivity index (χ3n) is 2.80. The van der Waals surface area contributed by atoms with Gasteiger partial charge in [0.25, 0.3) is 0 Å². The van der Waals surface area contributed by atoms with Crippen molar-refractivity contribution in [2.24, 2.45) is 0 Å². The topological polar surface area (TPSA) is 107 Å². The highest BCUT2D eigenvalue weighted by Crippen LogP contribution is 2.19. The van der Waals surface area contributed by atoms with E-state index in [2.05, 4.69) is 4.72 Å². The number of hydrogen-bond donors (Lipinski definition) is 2. The molecule has 0 atom stereocenters. The number of carboxylic acids is 1. The van der Waals surface area contributed by atoms with Gasteiger partial charge < -0.3 is 10.2 Å². The summed E-state index contributed by atoms with van der Waals surface area (Å²) in [5.74, 6) is -2.19. The van der Waals surface area contributed by atoms with E-state index in [4.69, 9.17) is 5.11 Å². The maximum absolute atomic E-state index is 12.1. The number of aromatic carboxylic acids is 1. The summed E-state index contributed by atoms with van der Waals surface area (Å²) in [6, 6.07) is 11.7. The van der Waals surface area contributed by atoms with Crippen molar-refractivity contribution in [3.05, 3.63) is 59.7 Å². The van der Waals surface area contributed by atoms with Gasteiger partial charge in [0, 0.05) is 6.54 Å². The van der Waals surface area contributed by atoms with E-state index in [-0.39, 0.29) is 11.4 Å². The average molecular weight is 306 g/mol. The zero-order valence-corrected chi connectivity index (χ0v) is 11.6. The van der Waals surface area contributed by atoms with Crippen LogP contribution in [0.4, 0.5) is 0 Å². The van der Waals surface area contributed by atoms with Crippen LogP contribution in [-0.2, 0) is 16.6 Å². The van der Waals surface area contributed by atoms with Crippen LogP contribution in [0.1, 0.15) is 15.9 Å². The van der Waals surface area contributed by atoms with Gasteiger partial charge >= 0.3 is 5.97 Å². The minimum Gasteiger partial charge on any atom is -0.872 e. The Balaban J connectivity index is 2.24. The lowest BCUT2D eigenvalue weighted by Gasteiger charge is -2.12. The number of carbonyl (C=O) groups is 1. The van der Waals surface area contributed by atoms with Gasteiger partial charge in [0.05, 0.1) is 10.5 Å². The van der Waals surface area contributed by atoms with Crippen LogP contribution in [0.5, 0.6) is 5.75 Å². The maximum Gasteiger partial charge on any atom is 0.335 e. The monoisotopic (exact) mass is 306 g/mol. The summed E-state index contributed by atoms with van der Waals surface area (Å²) < 4.78 is 26.5. The Morgan fingerprint density at radius 3 is 2.43 bits per heavy atom. The molecule has 2 rings (SSSR count). The quantitative estimate of drug-likeness (QED) is 0.855. The summed E-state index contributed by atoms with van der Waals surface area (Å²) in [6.45, 7) is 0.0741. The molecule has 0 radical (unpaired) electrons. The Kier molecular flexibility index (Phi) is 4.25. The van der Waals surface area contributed by atoms with Crippen molar-refractivity contribution in [3.8, 4) is 5.75 Å². The molecule has 0 amide bonds. The second kappa shape index (κ2) is 5.94. The number of hydrogen-bond acceptors (Lipinski definition) is 4. The van der Waals surface area contributed by atoms with Crippen LogP contribution in [-0.4, -0.2) is 19.5 Å². The van der Waals surface area contributed by atoms with Crippen LogP contribution in [0.2, 0.25) is 0 Å². The molecule has 0 saturated heterocycles. The molecule has 7 heteroatoms. The Morgan fingerprint density at radius 2 is 1.81 bits per heavy atom. The van der Waals surface area contributed by atoms with E-state index < -0.39 is 27.3 Å². The molecular weight excluding hydrogens is 294 g/mol. The molecule has 0 unspecified atom stereocenters. The van der Waals surface area contributed by atoms with Crippen LogP contribution < -0.4 is 9.83 Å². The van der Waals surface area contributed by atoms with Crippen LogP contribution >= 0.6 is 0 Å². The first-order valence-corrected chi connectivity index (χ1v) is 7.46. The highest BCUT2D eigenvalue weighted by atomic mass is 32.2. The summed E-state index contributed by atoms with van der Waals surface area (Å²) in [4.78, 5) is 10.6. The van der Waals surface area contributed by atoms with Crippen molar-refractivity contribution in [1.29, 1.82) is 0 Å². The maximum atomic E-state index is 12.1. The van der Waals surface area contributed by atoms with Crippen molar-refractivity contribution in [2.45, 2.75) is 11.4 Å². The van der Waals surface area contributed by atoms with Gasteiger partial charge in [-0.05, 0) is 17.7 Å². The molecule has 0 bridgehead atoms. The van der Waals surface area contributed by atoms with Crippen molar-refractivity contribution < 1.29 is 23.4 Å². The molecule has 2 aromatic carbocycles. The summed E-state index contributed by atoms with van der Waals surface area (Å²) in [5.41, 5.74) is 0.192. The van der Waals surface area contributed by atoms with Gasteiger partial charge in [-0.15, -0.1) is 0 Å². The zero-order valence-electron chi connectivity index (χ0n) is 10.8. The van der Waals surface area contributed by atoms with Gasteiger partial charge in [-0.3, -0.25) is 0 Å². The van der Waals surface area contributed by atoms with Crippen molar-refractivity contribution in [2.75, 3.05) is 0 Å². The van der Waals surface area contributed by atoms with Gasteiger partial charge in [0.15, 0.2) is 0 Å². The summed E-state index contributed by atoms with van der Waals surface area (Å²) in [6.07, 6.45) is 0. The Bertz CT molecular complexity index is 756. The van der Waals surface area contributed by atoms with E-state index >= 15 is 0 Å². The van der Waals surface area contributed by atoms with Crippen LogP contribution in [0.3, 0.4) is 0 Å². The van der Waals surface area contributed by atoms with Gasteiger partial charge in [0.1, 0.15) is 0 Å². The van der Waals surface area contributed by atoms with Gasteiger partial charge in [-0.25, -0.2) is 17.9 Å². The standard InChI is InChI=1S/C14H13NO5S/c16-13-7-6-11(8-12(13)14(17)18)21(19,20)15-9-10-4-2-1-3-5-10/h1-8,15-16H,9H2,(H,17,18)/p-1. The minimum atomic E-state index is -3.88. The predicted octanol–water partition coefficient (Wildman–Crippen LogP) is 0.937. The van der Waals surface area contributed by atoms with Crippen molar-refractivity contribution in [3.63, 3.8) is 0 Å². The minimum absolute atomic E-state index is 0.0741. The molecule has 0 aliphatic heterocycles. The second-order valence-electron chi connectivity index (χ2n) is 4.27. The molecule has 0 fully saturated rings. The fraction of sp³-hybridized carbons (Fsp3) is 0.0714. The van der Waals surface area contributed by atoms with E-state index in [0.717, 1.165) is 23.8 Å². The molecule has 0 aliphatic rings. The van der Waals surface area contributed by atoms with Gasteiger partial charge in [0.2, 0.25) is 10.0 Å². The number of sulfonamides is 1. The molecule has 2 aromatic rings. The average Bonchev–Trinajstić information content (AvgIpc) is 2.46. The van der Waals surface area contributed by atoms with Crippen LogP contribution in [0.15, 0.2) is 53.4 Å². The summed E-state index contributed by atoms with van der Waals surface area (Å²) >= 11 is 0. The molecule has 110 valence electrons. The van der Waals surface area contributed by atoms with E-state index in [1.807, 2.05) is 6.07 Å². The first kappa shape index (κ1) is 15.0. The first-order chi connectivity index (χ1) is 9.90. The molecule has 6 nitrogen and oxygen atoms in total. The third kappa shape index (κ3) is 3.59. The third-order valence-corrected chi connectivity index (χ3v) is 4.20. The molecular formula is C14H12NO5S-. The molecule has 0 aliphatic carbocycles. The lowest BCUT2D eigenvalue weighted by atomic mass is 10.2. The summed E-state index contributed by atoms with van der Waals surface area (Å²) in [5, 5.41) is 20.2. The lowest BCUT2D eigenvalue weighted by molar-refractivity contribution is -0.268. The second-order valence-corrected chi connectivity index (χ2v) is 6.04. The molecule has 21 heavy (non-hydrogen) atoms. The highest BCUT2D eigenvalue weighted by Gasteiger charge is 2.16. The highest BCUT2D eigenvalue weighted by molar-refractivity contribution is 7.89. The number of nitrogens with one attached hydrogen (secondary N) is 1.